The number of pyridine rings is 1. The third-order valence-corrected chi connectivity index (χ3v) is 5.91. The summed E-state index contributed by atoms with van der Waals surface area (Å²) in [5, 5.41) is 4.18. The van der Waals surface area contributed by atoms with Crippen LogP contribution in [0.5, 0.6) is 11.5 Å². The first-order valence-corrected chi connectivity index (χ1v) is 10.3. The maximum absolute atomic E-state index is 12.6. The summed E-state index contributed by atoms with van der Waals surface area (Å²) in [6, 6.07) is 9.45. The summed E-state index contributed by atoms with van der Waals surface area (Å²) in [6.07, 6.45) is 4.30. The Morgan fingerprint density at radius 2 is 2.15 bits per heavy atom. The molecule has 0 spiro atoms. The van der Waals surface area contributed by atoms with Crippen molar-refractivity contribution in [1.29, 1.82) is 0 Å². The first-order valence-electron chi connectivity index (χ1n) is 8.29. The van der Waals surface area contributed by atoms with Crippen LogP contribution < -0.4 is 14.8 Å². The highest BCUT2D eigenvalue weighted by Crippen LogP contribution is 2.34. The van der Waals surface area contributed by atoms with Crippen LogP contribution in [0.15, 0.2) is 41.6 Å². The molecule has 138 valence electrons. The zero-order valence-electron chi connectivity index (χ0n) is 14.8. The number of thiazole rings is 1. The van der Waals surface area contributed by atoms with E-state index in [1.54, 1.807) is 18.3 Å². The predicted molar refractivity (Wildman–Crippen MR) is 106 cm³/mol. The van der Waals surface area contributed by atoms with Crippen molar-refractivity contribution in [3.63, 3.8) is 0 Å². The fraction of sp³-hybridized carbons (Fsp3) is 0.211. The maximum Gasteiger partial charge on any atom is 0.260 e. The van der Waals surface area contributed by atoms with Crippen molar-refractivity contribution in [3.05, 3.63) is 58.2 Å². The Kier molecular flexibility index (Phi) is 5.00. The van der Waals surface area contributed by atoms with Crippen LogP contribution in [-0.4, -0.2) is 28.9 Å². The van der Waals surface area contributed by atoms with Crippen molar-refractivity contribution < 1.29 is 14.3 Å². The van der Waals surface area contributed by atoms with Gasteiger partial charge in [0.05, 0.1) is 11.3 Å². The molecule has 0 atom stereocenters. The van der Waals surface area contributed by atoms with Gasteiger partial charge in [0.15, 0.2) is 16.6 Å². The van der Waals surface area contributed by atoms with Crippen LogP contribution in [-0.2, 0) is 6.42 Å². The molecule has 3 heterocycles. The molecule has 1 N–H and O–H groups in total. The highest BCUT2D eigenvalue weighted by molar-refractivity contribution is 7.98. The van der Waals surface area contributed by atoms with Crippen LogP contribution in [0, 0.1) is 6.92 Å². The minimum absolute atomic E-state index is 0.198. The summed E-state index contributed by atoms with van der Waals surface area (Å²) in [7, 11) is 0. The number of hydrogen-bond acceptors (Lipinski definition) is 7. The molecule has 2 aromatic heterocycles. The van der Waals surface area contributed by atoms with Crippen molar-refractivity contribution in [2.45, 2.75) is 18.4 Å². The molecule has 0 fully saturated rings. The lowest BCUT2D eigenvalue weighted by atomic mass is 10.1. The van der Waals surface area contributed by atoms with E-state index in [0.29, 0.717) is 15.7 Å². The van der Waals surface area contributed by atoms with Crippen LogP contribution in [0.4, 0.5) is 5.13 Å². The molecule has 4 rings (SSSR count). The summed E-state index contributed by atoms with van der Waals surface area (Å²) in [5.74, 6) is 1.34. The second-order valence-electron chi connectivity index (χ2n) is 5.91. The number of nitrogens with one attached hydrogen (secondary N) is 1. The molecular weight excluding hydrogens is 382 g/mol. The van der Waals surface area contributed by atoms with Gasteiger partial charge < -0.3 is 9.47 Å². The summed E-state index contributed by atoms with van der Waals surface area (Å²) in [4.78, 5) is 22.4. The quantitative estimate of drug-likeness (QED) is 0.650. The van der Waals surface area contributed by atoms with Gasteiger partial charge >= 0.3 is 0 Å². The minimum Gasteiger partial charge on any atom is -0.454 e. The first-order chi connectivity index (χ1) is 13.1. The van der Waals surface area contributed by atoms with Crippen molar-refractivity contribution in [1.82, 2.24) is 9.97 Å². The van der Waals surface area contributed by atoms with E-state index >= 15 is 0 Å². The fourth-order valence-electron chi connectivity index (χ4n) is 2.77. The molecule has 0 unspecified atom stereocenters. The number of aryl methyl sites for hydroxylation is 1. The number of hydrogen-bond donors (Lipinski definition) is 1. The molecule has 1 aliphatic heterocycles. The monoisotopic (exact) mass is 399 g/mol. The number of ether oxygens (including phenoxy) is 2. The van der Waals surface area contributed by atoms with Gasteiger partial charge in [0.25, 0.3) is 5.91 Å². The smallest absolute Gasteiger partial charge is 0.260 e. The van der Waals surface area contributed by atoms with Gasteiger partial charge in [-0.05, 0) is 43.0 Å². The lowest BCUT2D eigenvalue weighted by Crippen LogP contribution is -2.13. The van der Waals surface area contributed by atoms with Crippen LogP contribution in [0.1, 0.15) is 26.5 Å². The van der Waals surface area contributed by atoms with E-state index in [2.05, 4.69) is 15.3 Å². The molecule has 1 aliphatic rings. The van der Waals surface area contributed by atoms with E-state index < -0.39 is 0 Å². The van der Waals surface area contributed by atoms with Crippen molar-refractivity contribution in [2.75, 3.05) is 18.4 Å². The van der Waals surface area contributed by atoms with Crippen molar-refractivity contribution in [2.24, 2.45) is 0 Å². The number of carbonyl (C=O) groups is 1. The molecule has 6 nitrogen and oxygen atoms in total. The van der Waals surface area contributed by atoms with Gasteiger partial charge in [0.1, 0.15) is 5.03 Å². The van der Waals surface area contributed by atoms with Crippen LogP contribution in [0.3, 0.4) is 0 Å². The Labute approximate surface area is 165 Å². The molecule has 0 bridgehead atoms. The summed E-state index contributed by atoms with van der Waals surface area (Å²) in [5.41, 5.74) is 2.57. The number of carbonyl (C=O) groups excluding carboxylic acids is 1. The molecule has 1 amide bonds. The Morgan fingerprint density at radius 1 is 1.30 bits per heavy atom. The SMILES string of the molecule is CSc1ncccc1C(=O)Nc1nc(C)c(Cc2ccc3c(c2)OCO3)s1. The lowest BCUT2D eigenvalue weighted by Gasteiger charge is -2.05. The number of fused-ring (bicyclic) bond motifs is 1. The van der Waals surface area contributed by atoms with Crippen molar-refractivity contribution >= 4 is 34.1 Å². The summed E-state index contributed by atoms with van der Waals surface area (Å²) >= 11 is 2.92. The van der Waals surface area contributed by atoms with Gasteiger partial charge in [0.2, 0.25) is 6.79 Å². The number of amides is 1. The molecule has 3 aromatic rings. The van der Waals surface area contributed by atoms with Gasteiger partial charge in [0, 0.05) is 17.5 Å². The standard InChI is InChI=1S/C19H17N3O3S2/c1-11-16(9-12-5-6-14-15(8-12)25-10-24-14)27-19(21-11)22-17(23)13-4-3-7-20-18(13)26-2/h3-8H,9-10H2,1-2H3,(H,21,22,23). The number of nitrogens with zero attached hydrogens (tertiary/aromatic N) is 2. The van der Waals surface area contributed by atoms with Gasteiger partial charge in [-0.2, -0.15) is 0 Å². The second kappa shape index (κ2) is 7.58. The lowest BCUT2D eigenvalue weighted by molar-refractivity contribution is 0.102. The van der Waals surface area contributed by atoms with E-state index in [0.717, 1.165) is 34.1 Å². The normalized spacial score (nSPS) is 12.2. The van der Waals surface area contributed by atoms with Gasteiger partial charge in [-0.15, -0.1) is 23.1 Å². The first kappa shape index (κ1) is 17.8. The van der Waals surface area contributed by atoms with E-state index in [1.807, 2.05) is 31.4 Å². The van der Waals surface area contributed by atoms with E-state index in [9.17, 15) is 4.79 Å². The van der Waals surface area contributed by atoms with Crippen LogP contribution in [0.2, 0.25) is 0 Å². The topological polar surface area (TPSA) is 73.3 Å². The van der Waals surface area contributed by atoms with Crippen molar-refractivity contribution in [3.8, 4) is 11.5 Å². The van der Waals surface area contributed by atoms with E-state index in [4.69, 9.17) is 9.47 Å². The van der Waals surface area contributed by atoms with Gasteiger partial charge in [-0.1, -0.05) is 6.07 Å². The maximum atomic E-state index is 12.6. The van der Waals surface area contributed by atoms with Crippen LogP contribution in [0.25, 0.3) is 0 Å². The summed E-state index contributed by atoms with van der Waals surface area (Å²) < 4.78 is 10.8. The highest BCUT2D eigenvalue weighted by atomic mass is 32.2. The number of aromatic nitrogens is 2. The highest BCUT2D eigenvalue weighted by Gasteiger charge is 2.17. The Balaban J connectivity index is 1.50. The Bertz CT molecular complexity index is 1000. The molecular formula is C19H17N3O3S2. The number of benzene rings is 1. The van der Waals surface area contributed by atoms with Gasteiger partial charge in [-0.3, -0.25) is 10.1 Å². The third kappa shape index (κ3) is 3.77. The summed E-state index contributed by atoms with van der Waals surface area (Å²) in [6.45, 7) is 2.22. The number of rotatable bonds is 5. The zero-order valence-corrected chi connectivity index (χ0v) is 16.4. The second-order valence-corrected chi connectivity index (χ2v) is 7.78. The average Bonchev–Trinajstić information content (AvgIpc) is 3.27. The third-order valence-electron chi connectivity index (χ3n) is 4.12. The van der Waals surface area contributed by atoms with Crippen LogP contribution >= 0.6 is 23.1 Å². The van der Waals surface area contributed by atoms with Gasteiger partial charge in [-0.25, -0.2) is 9.97 Å². The molecule has 8 heteroatoms. The molecule has 0 saturated heterocycles. The largest absolute Gasteiger partial charge is 0.454 e. The Morgan fingerprint density at radius 3 is 3.00 bits per heavy atom. The molecule has 0 saturated carbocycles. The minimum atomic E-state index is -0.198. The number of thioether (sulfide) groups is 1. The van der Waals surface area contributed by atoms with E-state index in [1.165, 1.54) is 23.1 Å². The Hall–Kier alpha value is -2.58. The average molecular weight is 399 g/mol. The molecule has 0 radical (unpaired) electrons. The fourth-order valence-corrected chi connectivity index (χ4v) is 4.31. The molecule has 27 heavy (non-hydrogen) atoms. The number of anilines is 1. The predicted octanol–water partition coefficient (Wildman–Crippen LogP) is 4.14. The molecule has 0 aliphatic carbocycles. The molecule has 1 aromatic carbocycles. The zero-order chi connectivity index (χ0) is 18.8. The van der Waals surface area contributed by atoms with E-state index in [-0.39, 0.29) is 12.7 Å².